The number of hydrogen-bond donors (Lipinski definition) is 1. The molecule has 1 atom stereocenters. The molecule has 0 bridgehead atoms. The molecule has 1 aromatic heterocycles. The minimum absolute atomic E-state index is 0.0498. The van der Waals surface area contributed by atoms with E-state index in [4.69, 9.17) is 9.47 Å². The average Bonchev–Trinajstić information content (AvgIpc) is 2.99. The standard InChI is InChI=1S/C12H19N3O2S/c1-2-10-14-11(18-15-10)17-9-7-12(16-8-9)3-5-13-6-4-12/h9,13H,2-8H2,1H3. The summed E-state index contributed by atoms with van der Waals surface area (Å²) in [5.41, 5.74) is 0.0498. The molecular weight excluding hydrogens is 250 g/mol. The van der Waals surface area contributed by atoms with Crippen LogP contribution in [0.15, 0.2) is 0 Å². The molecule has 1 spiro atoms. The fourth-order valence-corrected chi connectivity index (χ4v) is 3.36. The molecule has 0 amide bonds. The highest BCUT2D eigenvalue weighted by Gasteiger charge is 2.42. The Balaban J connectivity index is 1.58. The third-order valence-corrected chi connectivity index (χ3v) is 4.37. The normalized spacial score (nSPS) is 26.6. The maximum atomic E-state index is 5.99. The van der Waals surface area contributed by atoms with Gasteiger partial charge in [-0.25, -0.2) is 0 Å². The van der Waals surface area contributed by atoms with Gasteiger partial charge in [-0.3, -0.25) is 0 Å². The quantitative estimate of drug-likeness (QED) is 0.898. The summed E-state index contributed by atoms with van der Waals surface area (Å²) in [6.07, 6.45) is 4.15. The lowest BCUT2D eigenvalue weighted by atomic mass is 9.89. The monoisotopic (exact) mass is 269 g/mol. The minimum atomic E-state index is 0.0498. The molecule has 2 aliphatic heterocycles. The highest BCUT2D eigenvalue weighted by molar-refractivity contribution is 7.07. The first kappa shape index (κ1) is 12.3. The van der Waals surface area contributed by atoms with E-state index in [0.717, 1.165) is 44.6 Å². The van der Waals surface area contributed by atoms with E-state index in [-0.39, 0.29) is 11.7 Å². The van der Waals surface area contributed by atoms with Crippen LogP contribution >= 0.6 is 11.5 Å². The van der Waals surface area contributed by atoms with Gasteiger partial charge in [0.05, 0.1) is 12.2 Å². The molecule has 3 heterocycles. The summed E-state index contributed by atoms with van der Waals surface area (Å²) in [7, 11) is 0. The van der Waals surface area contributed by atoms with Crippen LogP contribution in [0.4, 0.5) is 0 Å². The topological polar surface area (TPSA) is 56.3 Å². The maximum absolute atomic E-state index is 5.99. The smallest absolute Gasteiger partial charge is 0.293 e. The summed E-state index contributed by atoms with van der Waals surface area (Å²) in [6.45, 7) is 4.83. The lowest BCUT2D eigenvalue weighted by Gasteiger charge is -2.32. The molecule has 0 aliphatic carbocycles. The third kappa shape index (κ3) is 2.50. The van der Waals surface area contributed by atoms with Crippen molar-refractivity contribution in [2.45, 2.75) is 44.3 Å². The van der Waals surface area contributed by atoms with Crippen molar-refractivity contribution in [2.75, 3.05) is 19.7 Å². The number of rotatable bonds is 3. The van der Waals surface area contributed by atoms with E-state index in [0.29, 0.717) is 11.8 Å². The number of aromatic nitrogens is 2. The number of nitrogens with one attached hydrogen (secondary N) is 1. The minimum Gasteiger partial charge on any atom is -0.463 e. The highest BCUT2D eigenvalue weighted by atomic mass is 32.1. The Morgan fingerprint density at radius 3 is 3.06 bits per heavy atom. The van der Waals surface area contributed by atoms with Crippen LogP contribution in [0.2, 0.25) is 0 Å². The first-order chi connectivity index (χ1) is 8.80. The Hall–Kier alpha value is -0.720. The van der Waals surface area contributed by atoms with E-state index in [1.54, 1.807) is 0 Å². The van der Waals surface area contributed by atoms with Gasteiger partial charge in [-0.2, -0.15) is 9.36 Å². The summed E-state index contributed by atoms with van der Waals surface area (Å²) in [5, 5.41) is 4.06. The molecule has 2 aliphatic rings. The van der Waals surface area contributed by atoms with Crippen molar-refractivity contribution in [2.24, 2.45) is 0 Å². The molecule has 18 heavy (non-hydrogen) atoms. The second-order valence-electron chi connectivity index (χ2n) is 5.02. The van der Waals surface area contributed by atoms with Crippen molar-refractivity contribution < 1.29 is 9.47 Å². The van der Waals surface area contributed by atoms with Crippen LogP contribution in [0.3, 0.4) is 0 Å². The zero-order valence-corrected chi connectivity index (χ0v) is 11.5. The fraction of sp³-hybridized carbons (Fsp3) is 0.833. The van der Waals surface area contributed by atoms with Gasteiger partial charge in [0.2, 0.25) is 0 Å². The van der Waals surface area contributed by atoms with Crippen LogP contribution in [-0.2, 0) is 11.2 Å². The predicted molar refractivity (Wildman–Crippen MR) is 69.1 cm³/mol. The molecule has 1 unspecified atom stereocenters. The molecule has 2 fully saturated rings. The molecule has 5 nitrogen and oxygen atoms in total. The van der Waals surface area contributed by atoms with Gasteiger partial charge in [-0.05, 0) is 25.9 Å². The predicted octanol–water partition coefficient (Wildman–Crippen LogP) is 1.39. The maximum Gasteiger partial charge on any atom is 0.293 e. The van der Waals surface area contributed by atoms with Gasteiger partial charge in [0.1, 0.15) is 11.9 Å². The summed E-state index contributed by atoms with van der Waals surface area (Å²) in [5.74, 6) is 0.866. The Bertz CT molecular complexity index is 404. The molecule has 1 aromatic rings. The van der Waals surface area contributed by atoms with Crippen molar-refractivity contribution in [1.29, 1.82) is 0 Å². The molecule has 0 aromatic carbocycles. The Morgan fingerprint density at radius 1 is 1.50 bits per heavy atom. The molecule has 100 valence electrons. The van der Waals surface area contributed by atoms with Crippen LogP contribution < -0.4 is 10.1 Å². The van der Waals surface area contributed by atoms with E-state index in [1.807, 2.05) is 0 Å². The molecule has 0 radical (unpaired) electrons. The van der Waals surface area contributed by atoms with Crippen molar-refractivity contribution >= 4 is 11.5 Å². The van der Waals surface area contributed by atoms with Gasteiger partial charge >= 0.3 is 0 Å². The van der Waals surface area contributed by atoms with E-state index in [1.165, 1.54) is 11.5 Å². The molecule has 0 saturated carbocycles. The summed E-state index contributed by atoms with van der Waals surface area (Å²) in [6, 6.07) is 0. The number of hydrogen-bond acceptors (Lipinski definition) is 6. The summed E-state index contributed by atoms with van der Waals surface area (Å²) >= 11 is 1.34. The van der Waals surface area contributed by atoms with E-state index < -0.39 is 0 Å². The number of piperidine rings is 1. The van der Waals surface area contributed by atoms with Crippen LogP contribution in [0.5, 0.6) is 5.19 Å². The first-order valence-electron chi connectivity index (χ1n) is 6.64. The molecular formula is C12H19N3O2S. The van der Waals surface area contributed by atoms with Gasteiger partial charge in [-0.15, -0.1) is 0 Å². The number of ether oxygens (including phenoxy) is 2. The lowest BCUT2D eigenvalue weighted by molar-refractivity contribution is -0.0205. The SMILES string of the molecule is CCc1nsc(OC2COC3(CCNCC3)C2)n1. The Labute approximate surface area is 111 Å². The molecule has 3 rings (SSSR count). The largest absolute Gasteiger partial charge is 0.463 e. The number of aryl methyl sites for hydroxylation is 1. The Kier molecular flexibility index (Phi) is 3.50. The van der Waals surface area contributed by atoms with Crippen LogP contribution in [0.25, 0.3) is 0 Å². The van der Waals surface area contributed by atoms with Gasteiger partial charge < -0.3 is 14.8 Å². The van der Waals surface area contributed by atoms with Gasteiger partial charge in [0.25, 0.3) is 5.19 Å². The van der Waals surface area contributed by atoms with Crippen molar-refractivity contribution in [1.82, 2.24) is 14.7 Å². The second kappa shape index (κ2) is 5.11. The van der Waals surface area contributed by atoms with Crippen molar-refractivity contribution in [3.8, 4) is 5.19 Å². The van der Waals surface area contributed by atoms with Crippen LogP contribution in [0, 0.1) is 0 Å². The van der Waals surface area contributed by atoms with E-state index >= 15 is 0 Å². The molecule has 6 heteroatoms. The van der Waals surface area contributed by atoms with Crippen LogP contribution in [0.1, 0.15) is 32.0 Å². The lowest BCUT2D eigenvalue weighted by Crippen LogP contribution is -2.41. The molecule has 1 N–H and O–H groups in total. The van der Waals surface area contributed by atoms with Crippen molar-refractivity contribution in [3.05, 3.63) is 5.82 Å². The second-order valence-corrected chi connectivity index (χ2v) is 5.73. The first-order valence-corrected chi connectivity index (χ1v) is 7.41. The summed E-state index contributed by atoms with van der Waals surface area (Å²) < 4.78 is 16.1. The zero-order chi connectivity index (χ0) is 12.4. The van der Waals surface area contributed by atoms with Gasteiger partial charge in [0, 0.05) is 24.4 Å². The van der Waals surface area contributed by atoms with Crippen LogP contribution in [-0.4, -0.2) is 40.8 Å². The zero-order valence-electron chi connectivity index (χ0n) is 10.6. The Morgan fingerprint density at radius 2 is 2.33 bits per heavy atom. The van der Waals surface area contributed by atoms with Gasteiger partial charge in [0.15, 0.2) is 0 Å². The van der Waals surface area contributed by atoms with Gasteiger partial charge in [-0.1, -0.05) is 6.92 Å². The fourth-order valence-electron chi connectivity index (χ4n) is 2.68. The van der Waals surface area contributed by atoms with E-state index in [2.05, 4.69) is 21.6 Å². The third-order valence-electron chi connectivity index (χ3n) is 3.72. The highest BCUT2D eigenvalue weighted by Crippen LogP contribution is 2.35. The number of nitrogens with zero attached hydrogens (tertiary/aromatic N) is 2. The van der Waals surface area contributed by atoms with Crippen molar-refractivity contribution in [3.63, 3.8) is 0 Å². The van der Waals surface area contributed by atoms with E-state index in [9.17, 15) is 0 Å². The molecule has 2 saturated heterocycles. The summed E-state index contributed by atoms with van der Waals surface area (Å²) in [4.78, 5) is 4.34. The average molecular weight is 269 g/mol.